The lowest BCUT2D eigenvalue weighted by Crippen LogP contribution is -2.16. The van der Waals surface area contributed by atoms with Crippen molar-refractivity contribution in [2.45, 2.75) is 24.2 Å². The van der Waals surface area contributed by atoms with Crippen LogP contribution in [0.5, 0.6) is 5.75 Å². The van der Waals surface area contributed by atoms with Crippen LogP contribution in [-0.2, 0) is 15.4 Å². The number of amides is 1. The SMILES string of the molecule is COc1ccccc1NS(=O)(=O)c1ccc(C(=O)Nc2ccc(C(C)(C)C#N)cc2)cc1. The van der Waals surface area contributed by atoms with E-state index in [1.165, 1.54) is 31.4 Å². The number of carbonyl (C=O) groups excluding carboxylic acids is 1. The molecule has 0 fully saturated rings. The van der Waals surface area contributed by atoms with Crippen LogP contribution in [0.15, 0.2) is 77.7 Å². The van der Waals surface area contributed by atoms with Crippen molar-refractivity contribution in [2.24, 2.45) is 0 Å². The predicted molar refractivity (Wildman–Crippen MR) is 123 cm³/mol. The Labute approximate surface area is 187 Å². The number of para-hydroxylation sites is 2. The zero-order valence-corrected chi connectivity index (χ0v) is 18.7. The van der Waals surface area contributed by atoms with E-state index in [1.807, 2.05) is 13.8 Å². The number of carbonyl (C=O) groups is 1. The molecular weight excluding hydrogens is 426 g/mol. The first-order chi connectivity index (χ1) is 15.2. The molecule has 2 N–H and O–H groups in total. The number of anilines is 2. The highest BCUT2D eigenvalue weighted by molar-refractivity contribution is 7.92. The zero-order chi connectivity index (χ0) is 23.4. The summed E-state index contributed by atoms with van der Waals surface area (Å²) >= 11 is 0. The third kappa shape index (κ3) is 5.07. The van der Waals surface area contributed by atoms with Crippen LogP contribution in [0.2, 0.25) is 0 Å². The average molecular weight is 450 g/mol. The number of nitriles is 1. The molecule has 0 aromatic heterocycles. The van der Waals surface area contributed by atoms with Crippen LogP contribution in [0.4, 0.5) is 11.4 Å². The fraction of sp³-hybridized carbons (Fsp3) is 0.167. The van der Waals surface area contributed by atoms with Crippen LogP contribution in [0.3, 0.4) is 0 Å². The van der Waals surface area contributed by atoms with Crippen molar-refractivity contribution in [1.29, 1.82) is 5.26 Å². The minimum atomic E-state index is -3.86. The van der Waals surface area contributed by atoms with E-state index in [0.717, 1.165) is 5.56 Å². The summed E-state index contributed by atoms with van der Waals surface area (Å²) in [5, 5.41) is 12.0. The molecule has 3 aromatic carbocycles. The van der Waals surface area contributed by atoms with Gasteiger partial charge in [-0.1, -0.05) is 24.3 Å². The number of rotatable bonds is 7. The molecule has 3 rings (SSSR count). The molecule has 0 radical (unpaired) electrons. The first-order valence-corrected chi connectivity index (χ1v) is 11.2. The third-order valence-electron chi connectivity index (χ3n) is 4.92. The maximum absolute atomic E-state index is 12.7. The van der Waals surface area contributed by atoms with E-state index in [9.17, 15) is 18.5 Å². The molecule has 0 saturated carbocycles. The lowest BCUT2D eigenvalue weighted by Gasteiger charge is -2.16. The minimum Gasteiger partial charge on any atom is -0.495 e. The van der Waals surface area contributed by atoms with Gasteiger partial charge in [0, 0.05) is 11.3 Å². The Morgan fingerprint density at radius 1 is 0.969 bits per heavy atom. The molecule has 0 saturated heterocycles. The molecule has 0 heterocycles. The van der Waals surface area contributed by atoms with Crippen molar-refractivity contribution in [3.8, 4) is 11.8 Å². The molecule has 0 aliphatic rings. The molecular formula is C24H23N3O4S. The van der Waals surface area contributed by atoms with Gasteiger partial charge < -0.3 is 10.1 Å². The highest BCUT2D eigenvalue weighted by Gasteiger charge is 2.20. The Bertz CT molecular complexity index is 1260. The van der Waals surface area contributed by atoms with Gasteiger partial charge >= 0.3 is 0 Å². The summed E-state index contributed by atoms with van der Waals surface area (Å²) in [4.78, 5) is 12.6. The second kappa shape index (κ2) is 9.12. The number of nitrogens with one attached hydrogen (secondary N) is 2. The van der Waals surface area contributed by atoms with Crippen LogP contribution < -0.4 is 14.8 Å². The summed E-state index contributed by atoms with van der Waals surface area (Å²) in [6, 6.07) is 21.6. The molecule has 1 amide bonds. The molecule has 0 unspecified atom stereocenters. The zero-order valence-electron chi connectivity index (χ0n) is 17.9. The number of ether oxygens (including phenoxy) is 1. The van der Waals surface area contributed by atoms with Gasteiger partial charge in [-0.2, -0.15) is 5.26 Å². The Kier molecular flexibility index (Phi) is 6.51. The number of sulfonamides is 1. The van der Waals surface area contributed by atoms with Gasteiger partial charge in [-0.3, -0.25) is 9.52 Å². The summed E-state index contributed by atoms with van der Waals surface area (Å²) in [5.41, 5.74) is 1.42. The minimum absolute atomic E-state index is 0.0167. The van der Waals surface area contributed by atoms with E-state index in [0.29, 0.717) is 22.7 Å². The highest BCUT2D eigenvalue weighted by atomic mass is 32.2. The topological polar surface area (TPSA) is 108 Å². The van der Waals surface area contributed by atoms with Crippen molar-refractivity contribution in [2.75, 3.05) is 17.1 Å². The van der Waals surface area contributed by atoms with Crippen molar-refractivity contribution in [3.05, 3.63) is 83.9 Å². The van der Waals surface area contributed by atoms with Crippen LogP contribution in [0.1, 0.15) is 29.8 Å². The quantitative estimate of drug-likeness (QED) is 0.550. The van der Waals surface area contributed by atoms with Crippen molar-refractivity contribution in [3.63, 3.8) is 0 Å². The molecule has 0 spiro atoms. The summed E-state index contributed by atoms with van der Waals surface area (Å²) in [6.45, 7) is 3.64. The first kappa shape index (κ1) is 22.8. The maximum Gasteiger partial charge on any atom is 0.262 e. The van der Waals surface area contributed by atoms with E-state index in [4.69, 9.17) is 4.74 Å². The van der Waals surface area contributed by atoms with Crippen LogP contribution in [0.25, 0.3) is 0 Å². The standard InChI is InChI=1S/C24H23N3O4S/c1-24(2,16-25)18-10-12-19(13-11-18)26-23(28)17-8-14-20(15-9-17)32(29,30)27-21-6-4-5-7-22(21)31-3/h4-15,27H,1-3H3,(H,26,28). The fourth-order valence-electron chi connectivity index (χ4n) is 2.96. The van der Waals surface area contributed by atoms with Crippen molar-refractivity contribution >= 4 is 27.3 Å². The van der Waals surface area contributed by atoms with E-state index < -0.39 is 15.4 Å². The van der Waals surface area contributed by atoms with Crippen LogP contribution in [-0.4, -0.2) is 21.4 Å². The summed E-state index contributed by atoms with van der Waals surface area (Å²) in [7, 11) is -2.40. The van der Waals surface area contributed by atoms with Gasteiger partial charge in [-0.15, -0.1) is 0 Å². The van der Waals surface area contributed by atoms with E-state index in [-0.39, 0.29) is 10.8 Å². The van der Waals surface area contributed by atoms with Crippen molar-refractivity contribution in [1.82, 2.24) is 0 Å². The molecule has 32 heavy (non-hydrogen) atoms. The lowest BCUT2D eigenvalue weighted by atomic mass is 9.86. The number of nitrogens with zero attached hydrogens (tertiary/aromatic N) is 1. The lowest BCUT2D eigenvalue weighted by molar-refractivity contribution is 0.102. The Hall–Kier alpha value is -3.83. The first-order valence-electron chi connectivity index (χ1n) is 9.75. The Morgan fingerprint density at radius 2 is 1.59 bits per heavy atom. The number of hydrogen-bond acceptors (Lipinski definition) is 5. The molecule has 7 nitrogen and oxygen atoms in total. The second-order valence-electron chi connectivity index (χ2n) is 7.60. The molecule has 0 aliphatic carbocycles. The van der Waals surface area contributed by atoms with Gasteiger partial charge in [-0.05, 0) is 67.9 Å². The van der Waals surface area contributed by atoms with E-state index in [2.05, 4.69) is 16.1 Å². The fourth-order valence-corrected chi connectivity index (χ4v) is 4.03. The largest absolute Gasteiger partial charge is 0.495 e. The molecule has 8 heteroatoms. The van der Waals surface area contributed by atoms with Crippen LogP contribution in [0, 0.1) is 11.3 Å². The van der Waals surface area contributed by atoms with Gasteiger partial charge in [-0.25, -0.2) is 8.42 Å². The third-order valence-corrected chi connectivity index (χ3v) is 6.30. The number of hydrogen-bond donors (Lipinski definition) is 2. The Balaban J connectivity index is 1.72. The van der Waals surface area contributed by atoms with Gasteiger partial charge in [0.05, 0.1) is 29.2 Å². The van der Waals surface area contributed by atoms with Gasteiger partial charge in [0.2, 0.25) is 0 Å². The summed E-state index contributed by atoms with van der Waals surface area (Å²) in [6.07, 6.45) is 0. The highest BCUT2D eigenvalue weighted by Crippen LogP contribution is 2.26. The molecule has 0 aliphatic heterocycles. The maximum atomic E-state index is 12.7. The summed E-state index contributed by atoms with van der Waals surface area (Å²) < 4.78 is 33.0. The van der Waals surface area contributed by atoms with Gasteiger partial charge in [0.1, 0.15) is 5.75 Å². The van der Waals surface area contributed by atoms with Gasteiger partial charge in [0.15, 0.2) is 0 Å². The van der Waals surface area contributed by atoms with Crippen molar-refractivity contribution < 1.29 is 17.9 Å². The van der Waals surface area contributed by atoms with E-state index >= 15 is 0 Å². The normalized spacial score (nSPS) is 11.3. The predicted octanol–water partition coefficient (Wildman–Crippen LogP) is 4.55. The number of benzene rings is 3. The second-order valence-corrected chi connectivity index (χ2v) is 9.28. The molecule has 0 atom stereocenters. The number of methoxy groups -OCH3 is 1. The van der Waals surface area contributed by atoms with E-state index in [1.54, 1.807) is 48.5 Å². The smallest absolute Gasteiger partial charge is 0.262 e. The molecule has 164 valence electrons. The van der Waals surface area contributed by atoms with Gasteiger partial charge in [0.25, 0.3) is 15.9 Å². The monoisotopic (exact) mass is 449 g/mol. The summed E-state index contributed by atoms with van der Waals surface area (Å²) in [5.74, 6) is 0.0233. The van der Waals surface area contributed by atoms with Crippen LogP contribution >= 0.6 is 0 Å². The molecule has 0 bridgehead atoms. The Morgan fingerprint density at radius 3 is 2.19 bits per heavy atom. The average Bonchev–Trinajstić information content (AvgIpc) is 2.79. The molecule has 3 aromatic rings.